The smallest absolute Gasteiger partial charge is 0.221 e. The van der Waals surface area contributed by atoms with Crippen LogP contribution in [0.15, 0.2) is 78.9 Å². The fourth-order valence-corrected chi connectivity index (χ4v) is 6.41. The first-order chi connectivity index (χ1) is 19.5. The number of hydrogen-bond acceptors (Lipinski definition) is 4. The highest BCUT2D eigenvalue weighted by Crippen LogP contribution is 2.26. The molecule has 4 nitrogen and oxygen atoms in total. The molecule has 2 fully saturated rings. The Balaban J connectivity index is 1.07. The van der Waals surface area contributed by atoms with Gasteiger partial charge in [-0.25, -0.2) is 8.78 Å². The third-order valence-electron chi connectivity index (χ3n) is 7.64. The summed E-state index contributed by atoms with van der Waals surface area (Å²) in [4.78, 5) is 15.5. The molecule has 0 bridgehead atoms. The number of nitrogens with zero attached hydrogens (tertiary/aromatic N) is 1. The van der Waals surface area contributed by atoms with E-state index in [1.54, 1.807) is 24.3 Å². The van der Waals surface area contributed by atoms with Gasteiger partial charge >= 0.3 is 0 Å². The van der Waals surface area contributed by atoms with E-state index in [9.17, 15) is 13.6 Å². The minimum Gasteiger partial charge on any atom is -0.490 e. The zero-order chi connectivity index (χ0) is 27.7. The number of rotatable bonds is 10. The number of nitrogens with one attached hydrogen (secondary N) is 1. The molecule has 3 aromatic rings. The summed E-state index contributed by atoms with van der Waals surface area (Å²) in [5.74, 6) is 2.80. The maximum Gasteiger partial charge on any atom is 0.221 e. The van der Waals surface area contributed by atoms with E-state index in [4.69, 9.17) is 4.74 Å². The van der Waals surface area contributed by atoms with Gasteiger partial charge in [0.25, 0.3) is 0 Å². The van der Waals surface area contributed by atoms with Crippen molar-refractivity contribution in [2.75, 3.05) is 31.1 Å². The number of piperidine rings is 1. The first-order valence-corrected chi connectivity index (χ1v) is 15.2. The van der Waals surface area contributed by atoms with Gasteiger partial charge < -0.3 is 10.1 Å². The summed E-state index contributed by atoms with van der Waals surface area (Å²) in [6, 6.07) is 20.0. The second kappa shape index (κ2) is 14.0. The summed E-state index contributed by atoms with van der Waals surface area (Å²) in [6.45, 7) is 2.79. The molecule has 3 aromatic carbocycles. The van der Waals surface area contributed by atoms with Gasteiger partial charge in [0.1, 0.15) is 23.5 Å². The fraction of sp³-hybridized carbons (Fsp3) is 0.364. The Morgan fingerprint density at radius 3 is 2.12 bits per heavy atom. The highest BCUT2D eigenvalue weighted by atomic mass is 32.2. The van der Waals surface area contributed by atoms with Crippen LogP contribution in [-0.4, -0.2) is 48.1 Å². The Morgan fingerprint density at radius 2 is 1.55 bits per heavy atom. The Bertz CT molecular complexity index is 1210. The third-order valence-corrected chi connectivity index (χ3v) is 8.77. The third kappa shape index (κ3) is 8.18. The quantitative estimate of drug-likeness (QED) is 0.293. The van der Waals surface area contributed by atoms with Gasteiger partial charge in [-0.05, 0) is 97.1 Å². The number of amides is 1. The minimum atomic E-state index is -0.457. The molecule has 0 saturated carbocycles. The van der Waals surface area contributed by atoms with Crippen molar-refractivity contribution in [2.45, 2.75) is 37.8 Å². The molecule has 0 radical (unpaired) electrons. The molecule has 40 heavy (non-hydrogen) atoms. The number of hydrogen-bond donors (Lipinski definition) is 1. The van der Waals surface area contributed by atoms with Gasteiger partial charge in [-0.1, -0.05) is 48.6 Å². The lowest BCUT2D eigenvalue weighted by Crippen LogP contribution is -2.36. The molecule has 2 heterocycles. The first-order valence-electron chi connectivity index (χ1n) is 14.1. The maximum absolute atomic E-state index is 13.5. The molecule has 0 aromatic heterocycles. The molecule has 0 aliphatic carbocycles. The monoisotopic (exact) mass is 562 g/mol. The van der Waals surface area contributed by atoms with Crippen LogP contribution >= 0.6 is 11.8 Å². The van der Waals surface area contributed by atoms with Gasteiger partial charge in [-0.3, -0.25) is 9.69 Å². The van der Waals surface area contributed by atoms with Crippen molar-refractivity contribution in [1.29, 1.82) is 0 Å². The molecule has 1 atom stereocenters. The maximum atomic E-state index is 13.5. The Hall–Kier alpha value is -3.16. The summed E-state index contributed by atoms with van der Waals surface area (Å²) >= 11 is 1.95. The number of carbonyl (C=O) groups is 1. The van der Waals surface area contributed by atoms with Crippen LogP contribution in [-0.2, 0) is 4.79 Å². The van der Waals surface area contributed by atoms with Crippen molar-refractivity contribution in [3.63, 3.8) is 0 Å². The molecule has 0 spiro atoms. The molecule has 7 heteroatoms. The van der Waals surface area contributed by atoms with Crippen LogP contribution in [0.5, 0.6) is 5.75 Å². The summed E-state index contributed by atoms with van der Waals surface area (Å²) in [5, 5.41) is 3.10. The first kappa shape index (κ1) is 28.4. The molecule has 5 rings (SSSR count). The Morgan fingerprint density at radius 1 is 0.925 bits per heavy atom. The highest BCUT2D eigenvalue weighted by Gasteiger charge is 2.23. The standard InChI is InChI=1S/C33H36F2N2O2S/c34-28-9-5-26(6-10-28)33(27-7-11-29(35)12-8-27)36-32(38)22-25-15-19-37(20-16-25)18-1-2-24-3-13-30(14-4-24)39-31-17-21-40-23-31/h1-14,25,31,33H,15-23H2,(H,36,38)/b2-1+. The second-order valence-electron chi connectivity index (χ2n) is 10.6. The van der Waals surface area contributed by atoms with Gasteiger partial charge in [0.2, 0.25) is 5.91 Å². The molecule has 210 valence electrons. The van der Waals surface area contributed by atoms with Gasteiger partial charge in [-0.2, -0.15) is 11.8 Å². The van der Waals surface area contributed by atoms with Crippen LogP contribution in [0.25, 0.3) is 6.08 Å². The number of thioether (sulfide) groups is 1. The van der Waals surface area contributed by atoms with E-state index in [0.717, 1.165) is 67.1 Å². The van der Waals surface area contributed by atoms with Crippen molar-refractivity contribution >= 4 is 23.7 Å². The van der Waals surface area contributed by atoms with E-state index in [2.05, 4.69) is 46.6 Å². The lowest BCUT2D eigenvalue weighted by molar-refractivity contribution is -0.122. The van der Waals surface area contributed by atoms with Crippen LogP contribution in [0, 0.1) is 17.6 Å². The average molecular weight is 563 g/mol. The Kier molecular flexibility index (Phi) is 9.90. The lowest BCUT2D eigenvalue weighted by Gasteiger charge is -2.31. The largest absolute Gasteiger partial charge is 0.490 e. The predicted molar refractivity (Wildman–Crippen MR) is 158 cm³/mol. The van der Waals surface area contributed by atoms with Gasteiger partial charge in [0, 0.05) is 18.7 Å². The van der Waals surface area contributed by atoms with E-state index >= 15 is 0 Å². The molecule has 1 amide bonds. The van der Waals surface area contributed by atoms with Crippen LogP contribution in [0.1, 0.15) is 48.4 Å². The van der Waals surface area contributed by atoms with Crippen molar-refractivity contribution < 1.29 is 18.3 Å². The van der Waals surface area contributed by atoms with E-state index in [0.29, 0.717) is 18.4 Å². The van der Waals surface area contributed by atoms with E-state index < -0.39 is 6.04 Å². The van der Waals surface area contributed by atoms with Crippen molar-refractivity contribution in [3.05, 3.63) is 107 Å². The highest BCUT2D eigenvalue weighted by molar-refractivity contribution is 7.99. The molecular weight excluding hydrogens is 526 g/mol. The van der Waals surface area contributed by atoms with Crippen LogP contribution in [0.4, 0.5) is 8.78 Å². The van der Waals surface area contributed by atoms with Gasteiger partial charge in [0.05, 0.1) is 6.04 Å². The average Bonchev–Trinajstić information content (AvgIpc) is 3.48. The number of halogens is 2. The van der Waals surface area contributed by atoms with Crippen molar-refractivity contribution in [1.82, 2.24) is 10.2 Å². The fourth-order valence-electron chi connectivity index (χ4n) is 5.32. The molecule has 1 unspecified atom stereocenters. The zero-order valence-corrected chi connectivity index (χ0v) is 23.4. The number of likely N-dealkylation sites (tertiary alicyclic amines) is 1. The molecule has 2 aliphatic heterocycles. The normalized spacial score (nSPS) is 18.4. The number of ether oxygens (including phenoxy) is 1. The van der Waals surface area contributed by atoms with Crippen molar-refractivity contribution in [3.8, 4) is 5.75 Å². The minimum absolute atomic E-state index is 0.0453. The number of benzene rings is 3. The van der Waals surface area contributed by atoms with Crippen LogP contribution < -0.4 is 10.1 Å². The molecular formula is C33H36F2N2O2S. The molecule has 2 aliphatic rings. The summed E-state index contributed by atoms with van der Waals surface area (Å²) in [6.07, 6.45) is 8.18. The SMILES string of the molecule is O=C(CC1CCN(C/C=C/c2ccc(OC3CCSC3)cc2)CC1)NC(c1ccc(F)cc1)c1ccc(F)cc1. The summed E-state index contributed by atoms with van der Waals surface area (Å²) in [5.41, 5.74) is 2.69. The topological polar surface area (TPSA) is 41.6 Å². The van der Waals surface area contributed by atoms with Crippen LogP contribution in [0.3, 0.4) is 0 Å². The van der Waals surface area contributed by atoms with E-state index in [-0.39, 0.29) is 17.5 Å². The predicted octanol–water partition coefficient (Wildman–Crippen LogP) is 6.87. The van der Waals surface area contributed by atoms with E-state index in [1.807, 2.05) is 11.8 Å². The Labute approximate surface area is 239 Å². The lowest BCUT2D eigenvalue weighted by atomic mass is 9.92. The van der Waals surface area contributed by atoms with Gasteiger partial charge in [-0.15, -0.1) is 0 Å². The van der Waals surface area contributed by atoms with Gasteiger partial charge in [0.15, 0.2) is 0 Å². The number of carbonyl (C=O) groups excluding carboxylic acids is 1. The van der Waals surface area contributed by atoms with Crippen molar-refractivity contribution in [2.24, 2.45) is 5.92 Å². The molecule has 1 N–H and O–H groups in total. The summed E-state index contributed by atoms with van der Waals surface area (Å²) < 4.78 is 33.0. The van der Waals surface area contributed by atoms with Crippen LogP contribution in [0.2, 0.25) is 0 Å². The molecule has 2 saturated heterocycles. The zero-order valence-electron chi connectivity index (χ0n) is 22.6. The summed E-state index contributed by atoms with van der Waals surface area (Å²) in [7, 11) is 0. The second-order valence-corrected chi connectivity index (χ2v) is 11.8. The van der Waals surface area contributed by atoms with E-state index in [1.165, 1.54) is 30.0 Å².